The third-order valence-corrected chi connectivity index (χ3v) is 1.72. The molecular weight excluding hydrogens is 178 g/mol. The molecule has 0 aliphatic carbocycles. The summed E-state index contributed by atoms with van der Waals surface area (Å²) in [7, 11) is 1.80. The van der Waals surface area contributed by atoms with E-state index in [1.165, 1.54) is 0 Å². The molecule has 0 unspecified atom stereocenters. The van der Waals surface area contributed by atoms with Gasteiger partial charge in [-0.3, -0.25) is 4.79 Å². The molecule has 14 heavy (non-hydrogen) atoms. The van der Waals surface area contributed by atoms with E-state index in [-0.39, 0.29) is 5.91 Å². The van der Waals surface area contributed by atoms with Crippen molar-refractivity contribution >= 4 is 5.91 Å². The second kappa shape index (κ2) is 3.54. The van der Waals surface area contributed by atoms with Crippen LogP contribution in [0.3, 0.4) is 0 Å². The summed E-state index contributed by atoms with van der Waals surface area (Å²) in [5, 5.41) is 2.68. The van der Waals surface area contributed by atoms with Gasteiger partial charge in [0.2, 0.25) is 0 Å². The van der Waals surface area contributed by atoms with Crippen LogP contribution in [0.15, 0.2) is 12.5 Å². The van der Waals surface area contributed by atoms with Crippen molar-refractivity contribution in [1.29, 1.82) is 0 Å². The minimum Gasteiger partial charge on any atom is -0.340 e. The monoisotopic (exact) mass is 191 g/mol. The van der Waals surface area contributed by atoms with Crippen molar-refractivity contribution in [3.63, 3.8) is 0 Å². The van der Waals surface area contributed by atoms with Crippen LogP contribution in [0.2, 0.25) is 0 Å². The summed E-state index contributed by atoms with van der Waals surface area (Å²) >= 11 is 0. The molecule has 0 bridgehead atoms. The molecule has 1 N–H and O–H groups in total. The number of hydrogen-bond acceptors (Lipinski definition) is 2. The zero-order valence-electron chi connectivity index (χ0n) is 8.53. The van der Waals surface area contributed by atoms with Crippen LogP contribution in [-0.2, 0) is 7.05 Å². The molecule has 0 aromatic carbocycles. The van der Waals surface area contributed by atoms with Gasteiger partial charge in [0, 0.05) is 13.2 Å². The Balaban J connectivity index is 2.74. The molecule has 0 fully saturated rings. The molecule has 1 aromatic heterocycles. The van der Waals surface area contributed by atoms with Crippen molar-refractivity contribution in [1.82, 2.24) is 14.9 Å². The highest BCUT2D eigenvalue weighted by molar-refractivity contribution is 5.92. The molecule has 0 radical (unpaired) electrons. The van der Waals surface area contributed by atoms with E-state index < -0.39 is 5.54 Å². The Labute approximate surface area is 83.3 Å². The summed E-state index contributed by atoms with van der Waals surface area (Å²) in [6.07, 6.45) is 8.46. The molecule has 1 heterocycles. The van der Waals surface area contributed by atoms with Crippen LogP contribution in [0.4, 0.5) is 0 Å². The first-order valence-electron chi connectivity index (χ1n) is 4.23. The Hall–Kier alpha value is -1.76. The van der Waals surface area contributed by atoms with Crippen molar-refractivity contribution < 1.29 is 4.79 Å². The zero-order chi connectivity index (χ0) is 10.8. The first-order chi connectivity index (χ1) is 6.44. The van der Waals surface area contributed by atoms with E-state index in [0.29, 0.717) is 5.69 Å². The second-order valence-electron chi connectivity index (χ2n) is 3.65. The predicted molar refractivity (Wildman–Crippen MR) is 53.6 cm³/mol. The van der Waals surface area contributed by atoms with Gasteiger partial charge in [0.25, 0.3) is 5.91 Å². The van der Waals surface area contributed by atoms with Crippen LogP contribution in [0.25, 0.3) is 0 Å². The molecule has 0 spiro atoms. The number of imidazole rings is 1. The topological polar surface area (TPSA) is 46.9 Å². The third kappa shape index (κ3) is 2.36. The molecule has 0 saturated carbocycles. The fourth-order valence-electron chi connectivity index (χ4n) is 0.914. The fourth-order valence-corrected chi connectivity index (χ4v) is 0.914. The van der Waals surface area contributed by atoms with Gasteiger partial charge in [-0.05, 0) is 13.8 Å². The molecule has 4 heteroatoms. The van der Waals surface area contributed by atoms with Crippen LogP contribution in [0.5, 0.6) is 0 Å². The van der Waals surface area contributed by atoms with Crippen molar-refractivity contribution in [3.05, 3.63) is 18.2 Å². The highest BCUT2D eigenvalue weighted by atomic mass is 16.2. The number of carbonyl (C=O) groups is 1. The molecule has 1 amide bonds. The smallest absolute Gasteiger partial charge is 0.272 e. The molecule has 0 aliphatic heterocycles. The number of amides is 1. The summed E-state index contributed by atoms with van der Waals surface area (Å²) in [4.78, 5) is 15.5. The van der Waals surface area contributed by atoms with E-state index in [0.717, 1.165) is 0 Å². The summed E-state index contributed by atoms with van der Waals surface area (Å²) in [6.45, 7) is 3.52. The van der Waals surface area contributed by atoms with Crippen molar-refractivity contribution in [2.24, 2.45) is 7.05 Å². The number of rotatable bonds is 2. The van der Waals surface area contributed by atoms with Gasteiger partial charge < -0.3 is 9.88 Å². The van der Waals surface area contributed by atoms with Gasteiger partial charge in [-0.15, -0.1) is 6.42 Å². The molecule has 0 aliphatic rings. The van der Waals surface area contributed by atoms with Crippen molar-refractivity contribution in [2.45, 2.75) is 19.4 Å². The van der Waals surface area contributed by atoms with Gasteiger partial charge in [-0.25, -0.2) is 4.98 Å². The van der Waals surface area contributed by atoms with Gasteiger partial charge in [-0.1, -0.05) is 5.92 Å². The van der Waals surface area contributed by atoms with Crippen molar-refractivity contribution in [3.8, 4) is 12.3 Å². The van der Waals surface area contributed by atoms with Gasteiger partial charge in [0.15, 0.2) is 0 Å². The number of aromatic nitrogens is 2. The molecule has 0 atom stereocenters. The maximum absolute atomic E-state index is 11.6. The zero-order valence-corrected chi connectivity index (χ0v) is 8.53. The normalized spacial score (nSPS) is 10.7. The van der Waals surface area contributed by atoms with Gasteiger partial charge in [0.1, 0.15) is 5.69 Å². The largest absolute Gasteiger partial charge is 0.340 e. The van der Waals surface area contributed by atoms with Crippen LogP contribution in [0.1, 0.15) is 24.3 Å². The van der Waals surface area contributed by atoms with E-state index in [1.807, 2.05) is 0 Å². The second-order valence-corrected chi connectivity index (χ2v) is 3.65. The standard InChI is InChI=1S/C10H13N3O/c1-5-10(2,3)12-9(14)8-6-13(4)7-11-8/h1,6-7H,2-4H3,(H,12,14). The van der Waals surface area contributed by atoms with Crippen LogP contribution < -0.4 is 5.32 Å². The van der Waals surface area contributed by atoms with Gasteiger partial charge in [0.05, 0.1) is 11.9 Å². The lowest BCUT2D eigenvalue weighted by molar-refractivity contribution is 0.0925. The summed E-state index contributed by atoms with van der Waals surface area (Å²) in [5.74, 6) is 2.23. The highest BCUT2D eigenvalue weighted by Crippen LogP contribution is 2.02. The molecule has 0 saturated heterocycles. The molecular formula is C10H13N3O. The summed E-state index contributed by atoms with van der Waals surface area (Å²) in [5.41, 5.74) is -0.273. The third-order valence-electron chi connectivity index (χ3n) is 1.72. The number of hydrogen-bond donors (Lipinski definition) is 1. The Morgan fingerprint density at radius 3 is 2.79 bits per heavy atom. The minimum absolute atomic E-state index is 0.256. The number of nitrogens with zero attached hydrogens (tertiary/aromatic N) is 2. The number of nitrogens with one attached hydrogen (secondary N) is 1. The van der Waals surface area contributed by atoms with Crippen LogP contribution in [-0.4, -0.2) is 21.0 Å². The molecule has 4 nitrogen and oxygen atoms in total. The summed E-state index contributed by atoms with van der Waals surface area (Å²) in [6, 6.07) is 0. The van der Waals surface area contributed by atoms with Crippen molar-refractivity contribution in [2.75, 3.05) is 0 Å². The summed E-state index contributed by atoms with van der Waals surface area (Å²) < 4.78 is 1.71. The number of terminal acetylenes is 1. The van der Waals surface area contributed by atoms with Gasteiger partial charge >= 0.3 is 0 Å². The lowest BCUT2D eigenvalue weighted by Crippen LogP contribution is -2.42. The predicted octanol–water partition coefficient (Wildman–Crippen LogP) is 0.562. The lowest BCUT2D eigenvalue weighted by Gasteiger charge is -2.18. The Bertz CT molecular complexity index is 384. The SMILES string of the molecule is C#CC(C)(C)NC(=O)c1cn(C)cn1. The fraction of sp³-hybridized carbons (Fsp3) is 0.400. The Morgan fingerprint density at radius 2 is 2.36 bits per heavy atom. The van der Waals surface area contributed by atoms with E-state index >= 15 is 0 Å². The first kappa shape index (κ1) is 10.3. The van der Waals surface area contributed by atoms with E-state index in [2.05, 4.69) is 16.2 Å². The van der Waals surface area contributed by atoms with E-state index in [1.54, 1.807) is 38.0 Å². The van der Waals surface area contributed by atoms with Crippen LogP contribution >= 0.6 is 0 Å². The first-order valence-corrected chi connectivity index (χ1v) is 4.23. The highest BCUT2D eigenvalue weighted by Gasteiger charge is 2.19. The van der Waals surface area contributed by atoms with Gasteiger partial charge in [-0.2, -0.15) is 0 Å². The lowest BCUT2D eigenvalue weighted by atomic mass is 10.1. The Morgan fingerprint density at radius 1 is 1.71 bits per heavy atom. The quantitative estimate of drug-likeness (QED) is 0.694. The maximum Gasteiger partial charge on any atom is 0.272 e. The minimum atomic E-state index is -0.644. The average Bonchev–Trinajstić information content (AvgIpc) is 2.51. The van der Waals surface area contributed by atoms with E-state index in [9.17, 15) is 4.79 Å². The maximum atomic E-state index is 11.6. The molecule has 1 aromatic rings. The average molecular weight is 191 g/mol. The Kier molecular flexibility index (Phi) is 2.61. The molecule has 74 valence electrons. The van der Waals surface area contributed by atoms with Crippen LogP contribution in [0, 0.1) is 12.3 Å². The number of carbonyl (C=O) groups excluding carboxylic acids is 1. The number of aryl methyl sites for hydroxylation is 1. The van der Waals surface area contributed by atoms with E-state index in [4.69, 9.17) is 6.42 Å². The molecule has 1 rings (SSSR count).